The molecular weight excluding hydrogens is 315 g/mol. The first-order valence-corrected chi connectivity index (χ1v) is 8.21. The third-order valence-electron chi connectivity index (χ3n) is 3.12. The van der Waals surface area contributed by atoms with E-state index >= 15 is 0 Å². The van der Waals surface area contributed by atoms with Gasteiger partial charge in [0.05, 0.1) is 10.0 Å². The van der Waals surface area contributed by atoms with Crippen LogP contribution < -0.4 is 4.90 Å². The zero-order valence-corrected chi connectivity index (χ0v) is 14.9. The summed E-state index contributed by atoms with van der Waals surface area (Å²) in [6.07, 6.45) is 2.19. The van der Waals surface area contributed by atoms with Crippen LogP contribution >= 0.6 is 34.8 Å². The van der Waals surface area contributed by atoms with E-state index in [9.17, 15) is 0 Å². The van der Waals surface area contributed by atoms with Crippen LogP contribution in [0, 0.1) is 11.8 Å². The zero-order valence-electron chi connectivity index (χ0n) is 12.6. The van der Waals surface area contributed by atoms with Gasteiger partial charge in [0.1, 0.15) is 11.0 Å². The summed E-state index contributed by atoms with van der Waals surface area (Å²) in [5, 5.41) is 1.27. The minimum absolute atomic E-state index is 0.310. The van der Waals surface area contributed by atoms with Gasteiger partial charge in [-0.25, -0.2) is 4.98 Å². The molecule has 0 aromatic carbocycles. The monoisotopic (exact) mass is 336 g/mol. The highest BCUT2D eigenvalue weighted by Gasteiger charge is 2.15. The van der Waals surface area contributed by atoms with Crippen LogP contribution in [0.25, 0.3) is 0 Å². The summed E-state index contributed by atoms with van der Waals surface area (Å²) < 4.78 is 0. The van der Waals surface area contributed by atoms with Gasteiger partial charge in [-0.3, -0.25) is 0 Å². The molecule has 0 aliphatic rings. The largest absolute Gasteiger partial charge is 0.355 e. The molecular formula is C15H23Cl3N2. The molecule has 5 heteroatoms. The normalized spacial score (nSPS) is 11.4. The lowest BCUT2D eigenvalue weighted by Gasteiger charge is -2.26. The molecule has 0 atom stereocenters. The molecule has 0 fully saturated rings. The van der Waals surface area contributed by atoms with Gasteiger partial charge in [0.2, 0.25) is 0 Å². The number of pyridine rings is 1. The number of nitrogens with zero attached hydrogens (tertiary/aromatic N) is 2. The number of rotatable bonds is 7. The van der Waals surface area contributed by atoms with Crippen molar-refractivity contribution in [1.82, 2.24) is 4.98 Å². The summed E-state index contributed by atoms with van der Waals surface area (Å²) in [6.45, 7) is 10.7. The second-order valence-electron chi connectivity index (χ2n) is 5.92. The lowest BCUT2D eigenvalue weighted by molar-refractivity contribution is 0.533. The summed E-state index contributed by atoms with van der Waals surface area (Å²) in [6, 6.07) is 1.67. The van der Waals surface area contributed by atoms with E-state index in [0.29, 0.717) is 27.0 Å². The van der Waals surface area contributed by atoms with E-state index in [-0.39, 0.29) is 0 Å². The lowest BCUT2D eigenvalue weighted by atomic mass is 10.1. The van der Waals surface area contributed by atoms with Gasteiger partial charge in [0, 0.05) is 13.1 Å². The maximum absolute atomic E-state index is 6.28. The highest BCUT2D eigenvalue weighted by molar-refractivity contribution is 6.42. The van der Waals surface area contributed by atoms with Gasteiger partial charge in [0.25, 0.3) is 0 Å². The second-order valence-corrected chi connectivity index (χ2v) is 7.09. The fraction of sp³-hybridized carbons (Fsp3) is 0.667. The first-order chi connectivity index (χ1) is 9.31. The molecule has 0 amide bonds. The number of hydrogen-bond donors (Lipinski definition) is 0. The quantitative estimate of drug-likeness (QED) is 0.572. The van der Waals surface area contributed by atoms with E-state index in [1.807, 2.05) is 0 Å². The van der Waals surface area contributed by atoms with Crippen LogP contribution in [0.3, 0.4) is 0 Å². The van der Waals surface area contributed by atoms with Crippen molar-refractivity contribution in [3.63, 3.8) is 0 Å². The standard InChI is InChI=1S/C15H23Cl3N2/c1-10(2)5-7-20(8-6-11(3)4)15-13(17)9-12(16)14(18)19-15/h9-11H,5-8H2,1-4H3. The number of anilines is 1. The molecule has 0 N–H and O–H groups in total. The third-order valence-corrected chi connectivity index (χ3v) is 4.07. The average molecular weight is 338 g/mol. The van der Waals surface area contributed by atoms with Gasteiger partial charge < -0.3 is 4.90 Å². The van der Waals surface area contributed by atoms with E-state index < -0.39 is 0 Å². The van der Waals surface area contributed by atoms with E-state index in [1.165, 1.54) is 0 Å². The molecule has 0 radical (unpaired) electrons. The molecule has 2 nitrogen and oxygen atoms in total. The van der Waals surface area contributed by atoms with Crippen molar-refractivity contribution in [3.05, 3.63) is 21.3 Å². The van der Waals surface area contributed by atoms with Crippen molar-refractivity contribution in [3.8, 4) is 0 Å². The average Bonchev–Trinajstić information content (AvgIpc) is 2.34. The summed E-state index contributed by atoms with van der Waals surface area (Å²) >= 11 is 18.3. The fourth-order valence-electron chi connectivity index (χ4n) is 1.81. The minimum atomic E-state index is 0.310. The van der Waals surface area contributed by atoms with E-state index in [1.54, 1.807) is 6.07 Å². The molecule has 1 aromatic heterocycles. The van der Waals surface area contributed by atoms with E-state index in [0.717, 1.165) is 31.7 Å². The van der Waals surface area contributed by atoms with Gasteiger partial charge in [-0.05, 0) is 30.7 Å². The van der Waals surface area contributed by atoms with Crippen molar-refractivity contribution in [2.75, 3.05) is 18.0 Å². The Bertz CT molecular complexity index is 421. The molecule has 0 spiro atoms. The summed E-state index contributed by atoms with van der Waals surface area (Å²) in [7, 11) is 0. The van der Waals surface area contributed by atoms with Crippen LogP contribution in [-0.2, 0) is 0 Å². The minimum Gasteiger partial charge on any atom is -0.355 e. The lowest BCUT2D eigenvalue weighted by Crippen LogP contribution is -2.28. The molecule has 0 unspecified atom stereocenters. The van der Waals surface area contributed by atoms with Crippen molar-refractivity contribution < 1.29 is 0 Å². The molecule has 1 rings (SSSR count). The summed E-state index contributed by atoms with van der Waals surface area (Å²) in [5.41, 5.74) is 0. The highest BCUT2D eigenvalue weighted by atomic mass is 35.5. The van der Waals surface area contributed by atoms with E-state index in [4.69, 9.17) is 34.8 Å². The number of hydrogen-bond acceptors (Lipinski definition) is 2. The van der Waals surface area contributed by atoms with Crippen molar-refractivity contribution >= 4 is 40.6 Å². The molecule has 0 aliphatic heterocycles. The molecule has 0 aliphatic carbocycles. The Labute approximate surface area is 137 Å². The van der Waals surface area contributed by atoms with Crippen LogP contribution in [0.4, 0.5) is 5.82 Å². The fourth-order valence-corrected chi connectivity index (χ4v) is 2.42. The second kappa shape index (κ2) is 8.31. The molecule has 1 heterocycles. The summed E-state index contributed by atoms with van der Waals surface area (Å²) in [4.78, 5) is 6.57. The van der Waals surface area contributed by atoms with Crippen molar-refractivity contribution in [1.29, 1.82) is 0 Å². The molecule has 1 aromatic rings. The molecule has 0 bridgehead atoms. The van der Waals surface area contributed by atoms with Crippen LogP contribution in [0.15, 0.2) is 6.07 Å². The topological polar surface area (TPSA) is 16.1 Å². The molecule has 0 saturated carbocycles. The van der Waals surface area contributed by atoms with Gasteiger partial charge in [0.15, 0.2) is 0 Å². The van der Waals surface area contributed by atoms with Gasteiger partial charge in [-0.2, -0.15) is 0 Å². The number of aromatic nitrogens is 1. The van der Waals surface area contributed by atoms with Crippen molar-refractivity contribution in [2.45, 2.75) is 40.5 Å². The van der Waals surface area contributed by atoms with Crippen molar-refractivity contribution in [2.24, 2.45) is 11.8 Å². The van der Waals surface area contributed by atoms with E-state index in [2.05, 4.69) is 37.6 Å². The molecule has 20 heavy (non-hydrogen) atoms. The van der Waals surface area contributed by atoms with Crippen LogP contribution in [0.5, 0.6) is 0 Å². The van der Waals surface area contributed by atoms with Crippen LogP contribution in [-0.4, -0.2) is 18.1 Å². The Morgan fingerprint density at radius 2 is 1.45 bits per heavy atom. The SMILES string of the molecule is CC(C)CCN(CCC(C)C)c1nc(Cl)c(Cl)cc1Cl. The van der Waals surface area contributed by atoms with Gasteiger partial charge in [-0.1, -0.05) is 62.5 Å². The predicted octanol–water partition coefficient (Wildman–Crippen LogP) is 5.94. The Balaban J connectivity index is 2.93. The zero-order chi connectivity index (χ0) is 15.3. The first-order valence-electron chi connectivity index (χ1n) is 7.07. The maximum Gasteiger partial charge on any atom is 0.150 e. The maximum atomic E-state index is 6.28. The molecule has 0 saturated heterocycles. The first kappa shape index (κ1) is 17.9. The predicted molar refractivity (Wildman–Crippen MR) is 90.4 cm³/mol. The third kappa shape index (κ3) is 5.67. The Morgan fingerprint density at radius 1 is 0.950 bits per heavy atom. The Kier molecular flexibility index (Phi) is 7.42. The van der Waals surface area contributed by atoms with Gasteiger partial charge >= 0.3 is 0 Å². The van der Waals surface area contributed by atoms with Gasteiger partial charge in [-0.15, -0.1) is 0 Å². The smallest absolute Gasteiger partial charge is 0.150 e. The molecule has 114 valence electrons. The Hall–Kier alpha value is -0.180. The Morgan fingerprint density at radius 3 is 1.90 bits per heavy atom. The van der Waals surface area contributed by atoms with Crippen LogP contribution in [0.1, 0.15) is 40.5 Å². The van der Waals surface area contributed by atoms with Crippen LogP contribution in [0.2, 0.25) is 15.2 Å². The summed E-state index contributed by atoms with van der Waals surface area (Å²) in [5.74, 6) is 2.01. The number of halogens is 3. The highest BCUT2D eigenvalue weighted by Crippen LogP contribution is 2.31.